The maximum atomic E-state index is 13.4. The quantitative estimate of drug-likeness (QED) is 0.543. The van der Waals surface area contributed by atoms with Gasteiger partial charge in [-0.2, -0.15) is 0 Å². The lowest BCUT2D eigenvalue weighted by atomic mass is 9.95. The van der Waals surface area contributed by atoms with Crippen LogP contribution in [0.25, 0.3) is 0 Å². The highest BCUT2D eigenvalue weighted by atomic mass is 19.1. The van der Waals surface area contributed by atoms with E-state index in [-0.39, 0.29) is 17.7 Å². The van der Waals surface area contributed by atoms with Gasteiger partial charge >= 0.3 is 5.69 Å². The van der Waals surface area contributed by atoms with E-state index >= 15 is 0 Å². The van der Waals surface area contributed by atoms with Crippen LogP contribution < -0.4 is 19.5 Å². The highest BCUT2D eigenvalue weighted by Crippen LogP contribution is 2.34. The summed E-state index contributed by atoms with van der Waals surface area (Å²) in [6, 6.07) is 8.00. The van der Waals surface area contributed by atoms with Gasteiger partial charge < -0.3 is 19.5 Å². The molecular weight excluding hydrogens is 395 g/mol. The Morgan fingerprint density at radius 1 is 1.20 bits per heavy atom. The summed E-state index contributed by atoms with van der Waals surface area (Å²) in [5.41, 5.74) is 0.423. The molecule has 0 radical (unpaired) electrons. The van der Waals surface area contributed by atoms with Crippen LogP contribution in [0.15, 0.2) is 36.4 Å². The molecule has 0 fully saturated rings. The first-order valence-electron chi connectivity index (χ1n) is 9.61. The number of ether oxygens (including phenoxy) is 3. The van der Waals surface area contributed by atoms with Gasteiger partial charge in [-0.3, -0.25) is 14.9 Å². The summed E-state index contributed by atoms with van der Waals surface area (Å²) in [4.78, 5) is 22.8. The molecule has 8 nitrogen and oxygen atoms in total. The summed E-state index contributed by atoms with van der Waals surface area (Å²) in [6.07, 6.45) is 0.790. The van der Waals surface area contributed by atoms with E-state index < -0.39 is 28.9 Å². The van der Waals surface area contributed by atoms with Crippen molar-refractivity contribution >= 4 is 11.6 Å². The second-order valence-electron chi connectivity index (χ2n) is 7.20. The van der Waals surface area contributed by atoms with E-state index in [1.165, 1.54) is 0 Å². The van der Waals surface area contributed by atoms with Gasteiger partial charge in [0.1, 0.15) is 5.82 Å². The van der Waals surface area contributed by atoms with Crippen LogP contribution in [0.2, 0.25) is 0 Å². The maximum Gasteiger partial charge on any atom is 0.311 e. The first-order valence-corrected chi connectivity index (χ1v) is 9.61. The third-order valence-corrected chi connectivity index (χ3v) is 4.59. The summed E-state index contributed by atoms with van der Waals surface area (Å²) in [5, 5.41) is 13.9. The fraction of sp³-hybridized carbons (Fsp3) is 0.381. The number of hydrogen-bond donors (Lipinski definition) is 1. The molecule has 1 N–H and O–H groups in total. The van der Waals surface area contributed by atoms with Crippen LogP contribution >= 0.6 is 0 Å². The molecule has 0 spiro atoms. The van der Waals surface area contributed by atoms with E-state index in [0.717, 1.165) is 30.2 Å². The Bertz CT molecular complexity index is 934. The van der Waals surface area contributed by atoms with Crippen molar-refractivity contribution in [3.8, 4) is 17.2 Å². The number of nitro groups is 1. The van der Waals surface area contributed by atoms with Crippen molar-refractivity contribution in [1.82, 2.24) is 5.32 Å². The van der Waals surface area contributed by atoms with Crippen molar-refractivity contribution in [2.45, 2.75) is 26.3 Å². The number of halogens is 1. The average molecular weight is 418 g/mol. The van der Waals surface area contributed by atoms with Crippen LogP contribution in [0, 0.1) is 21.8 Å². The van der Waals surface area contributed by atoms with Gasteiger partial charge in [-0.15, -0.1) is 0 Å². The number of hydrogen-bond acceptors (Lipinski definition) is 6. The predicted octanol–water partition coefficient (Wildman–Crippen LogP) is 3.79. The van der Waals surface area contributed by atoms with Gasteiger partial charge in [-0.05, 0) is 29.7 Å². The zero-order chi connectivity index (χ0) is 21.7. The van der Waals surface area contributed by atoms with Crippen molar-refractivity contribution in [2.24, 2.45) is 5.92 Å². The molecule has 0 aromatic heterocycles. The molecule has 2 aromatic carbocycles. The standard InChI is InChI=1S/C21H23FN2O6/c1-13(2)21(14-4-7-17-19(10-14)29-9-3-8-28-17)23-20(25)12-30-18-11-15(22)5-6-16(18)24(26)27/h4-7,10-11,13,21H,3,8-9,12H2,1-2H3,(H,23,25). The molecule has 30 heavy (non-hydrogen) atoms. The lowest BCUT2D eigenvalue weighted by molar-refractivity contribution is -0.385. The average Bonchev–Trinajstić information content (AvgIpc) is 2.94. The van der Waals surface area contributed by atoms with E-state index in [1.807, 2.05) is 32.0 Å². The second-order valence-corrected chi connectivity index (χ2v) is 7.20. The number of nitrogens with one attached hydrogen (secondary N) is 1. The molecule has 160 valence electrons. The van der Waals surface area contributed by atoms with E-state index in [0.29, 0.717) is 24.7 Å². The Hall–Kier alpha value is -3.36. The van der Waals surface area contributed by atoms with Gasteiger partial charge in [0, 0.05) is 18.6 Å². The molecule has 0 aliphatic carbocycles. The molecule has 0 saturated heterocycles. The first-order chi connectivity index (χ1) is 14.3. The van der Waals surface area contributed by atoms with Gasteiger partial charge in [-0.1, -0.05) is 19.9 Å². The van der Waals surface area contributed by atoms with E-state index in [9.17, 15) is 19.3 Å². The minimum absolute atomic E-state index is 0.0437. The molecule has 9 heteroatoms. The monoisotopic (exact) mass is 418 g/mol. The molecule has 0 saturated carbocycles. The predicted molar refractivity (Wildman–Crippen MR) is 106 cm³/mol. The lowest BCUT2D eigenvalue weighted by Crippen LogP contribution is -2.35. The fourth-order valence-corrected chi connectivity index (χ4v) is 3.12. The van der Waals surface area contributed by atoms with Gasteiger partial charge in [-0.25, -0.2) is 4.39 Å². The van der Waals surface area contributed by atoms with Crippen molar-refractivity contribution in [2.75, 3.05) is 19.8 Å². The normalized spacial score (nSPS) is 14.0. The summed E-state index contributed by atoms with van der Waals surface area (Å²) in [6.45, 7) is 4.55. The lowest BCUT2D eigenvalue weighted by Gasteiger charge is -2.24. The number of amides is 1. The molecule has 1 aliphatic rings. The van der Waals surface area contributed by atoms with Crippen LogP contribution in [0.5, 0.6) is 17.2 Å². The van der Waals surface area contributed by atoms with Gasteiger partial charge in [0.2, 0.25) is 5.75 Å². The maximum absolute atomic E-state index is 13.4. The Kier molecular flexibility index (Phi) is 6.71. The van der Waals surface area contributed by atoms with Crippen molar-refractivity contribution in [3.63, 3.8) is 0 Å². The van der Waals surface area contributed by atoms with Crippen molar-refractivity contribution in [3.05, 3.63) is 57.9 Å². The molecule has 2 aromatic rings. The third kappa shape index (κ3) is 5.16. The van der Waals surface area contributed by atoms with Gasteiger partial charge in [0.25, 0.3) is 5.91 Å². The Morgan fingerprint density at radius 3 is 2.63 bits per heavy atom. The number of carbonyl (C=O) groups excluding carboxylic acids is 1. The van der Waals surface area contributed by atoms with E-state index in [4.69, 9.17) is 14.2 Å². The zero-order valence-electron chi connectivity index (χ0n) is 16.7. The van der Waals surface area contributed by atoms with Crippen molar-refractivity contribution in [1.29, 1.82) is 0 Å². The molecule has 1 amide bonds. The molecule has 1 heterocycles. The van der Waals surface area contributed by atoms with Gasteiger partial charge in [0.15, 0.2) is 18.1 Å². The topological polar surface area (TPSA) is 99.9 Å². The first kappa shape index (κ1) is 21.4. The van der Waals surface area contributed by atoms with E-state index in [1.54, 1.807) is 0 Å². The summed E-state index contributed by atoms with van der Waals surface area (Å²) >= 11 is 0. The highest BCUT2D eigenvalue weighted by Gasteiger charge is 2.22. The number of rotatable bonds is 7. The SMILES string of the molecule is CC(C)C(NC(=O)COc1cc(F)ccc1[N+](=O)[O-])c1ccc2c(c1)OCCCO2. The molecule has 1 aliphatic heterocycles. The number of nitrogens with zero attached hydrogens (tertiary/aromatic N) is 1. The summed E-state index contributed by atoms with van der Waals surface area (Å²) < 4.78 is 30.0. The van der Waals surface area contributed by atoms with Crippen LogP contribution in [0.1, 0.15) is 31.9 Å². The fourth-order valence-electron chi connectivity index (χ4n) is 3.12. The molecule has 0 bridgehead atoms. The smallest absolute Gasteiger partial charge is 0.311 e. The van der Waals surface area contributed by atoms with Crippen LogP contribution in [-0.2, 0) is 4.79 Å². The minimum Gasteiger partial charge on any atom is -0.490 e. The number of benzene rings is 2. The van der Waals surface area contributed by atoms with Crippen LogP contribution in [0.3, 0.4) is 0 Å². The minimum atomic E-state index is -0.693. The molecule has 3 rings (SSSR count). The molecule has 1 atom stereocenters. The summed E-state index contributed by atoms with van der Waals surface area (Å²) in [5.74, 6) is -0.153. The Morgan fingerprint density at radius 2 is 1.93 bits per heavy atom. The Labute approximate surface area is 173 Å². The second kappa shape index (κ2) is 9.43. The van der Waals surface area contributed by atoms with Crippen molar-refractivity contribution < 1.29 is 28.3 Å². The van der Waals surface area contributed by atoms with Crippen LogP contribution in [0.4, 0.5) is 10.1 Å². The van der Waals surface area contributed by atoms with Crippen LogP contribution in [-0.4, -0.2) is 30.7 Å². The third-order valence-electron chi connectivity index (χ3n) is 4.59. The highest BCUT2D eigenvalue weighted by molar-refractivity contribution is 5.78. The molecular formula is C21H23FN2O6. The van der Waals surface area contributed by atoms with Gasteiger partial charge in [0.05, 0.1) is 24.2 Å². The molecule has 1 unspecified atom stereocenters. The zero-order valence-corrected chi connectivity index (χ0v) is 16.7. The number of nitro benzene ring substituents is 1. The largest absolute Gasteiger partial charge is 0.490 e. The number of fused-ring (bicyclic) bond motifs is 1. The summed E-state index contributed by atoms with van der Waals surface area (Å²) in [7, 11) is 0. The van der Waals surface area contributed by atoms with E-state index in [2.05, 4.69) is 5.32 Å². The Balaban J connectivity index is 1.70. The number of carbonyl (C=O) groups is 1.